The van der Waals surface area contributed by atoms with Crippen LogP contribution in [0.1, 0.15) is 64.1 Å². The van der Waals surface area contributed by atoms with Crippen molar-refractivity contribution < 1.29 is 0 Å². The van der Waals surface area contributed by atoms with Crippen LogP contribution < -0.4 is 0 Å². The van der Waals surface area contributed by atoms with Crippen LogP contribution in [-0.2, 0) is 0 Å². The lowest BCUT2D eigenvalue weighted by Gasteiger charge is -2.06. The third-order valence-corrected chi connectivity index (χ3v) is 4.06. The van der Waals surface area contributed by atoms with Crippen molar-refractivity contribution in [2.75, 3.05) is 0 Å². The van der Waals surface area contributed by atoms with E-state index in [1.165, 1.54) is 43.1 Å². The molecule has 1 aromatic carbocycles. The Morgan fingerprint density at radius 2 is 1.72 bits per heavy atom. The molecule has 1 nitrogen and oxygen atoms in total. The van der Waals surface area contributed by atoms with E-state index in [1.807, 2.05) is 49.4 Å². The van der Waals surface area contributed by atoms with Crippen molar-refractivity contribution in [3.63, 3.8) is 0 Å². The van der Waals surface area contributed by atoms with Gasteiger partial charge in [-0.25, -0.2) is 4.98 Å². The second-order valence-corrected chi connectivity index (χ2v) is 6.31. The number of unbranched alkanes of at least 4 members (excludes halogenated alkanes) is 4. The summed E-state index contributed by atoms with van der Waals surface area (Å²) in [5.74, 6) is 0. The second-order valence-electron chi connectivity index (χ2n) is 6.31. The van der Waals surface area contributed by atoms with E-state index in [0.29, 0.717) is 0 Å². The smallest absolute Gasteiger partial charge is 0.0712 e. The zero-order chi connectivity index (χ0) is 18.5. The highest BCUT2D eigenvalue weighted by atomic mass is 14.7. The van der Waals surface area contributed by atoms with Gasteiger partial charge in [0, 0.05) is 5.39 Å². The van der Waals surface area contributed by atoms with Gasteiger partial charge in [-0.05, 0) is 37.1 Å². The minimum atomic E-state index is 0.932. The number of rotatable bonds is 7. The van der Waals surface area contributed by atoms with Gasteiger partial charge in [0.15, 0.2) is 0 Å². The number of pyridine rings is 1. The number of hydrogen-bond acceptors (Lipinski definition) is 1. The molecule has 1 heteroatoms. The summed E-state index contributed by atoms with van der Waals surface area (Å²) in [4.78, 5) is 4.64. The number of hydrogen-bond donors (Lipinski definition) is 0. The van der Waals surface area contributed by atoms with Crippen LogP contribution >= 0.6 is 0 Å². The Balaban J connectivity index is 0.000000381. The number of fused-ring (bicyclic) bond motifs is 1. The normalized spacial score (nSPS) is 11.0. The second kappa shape index (κ2) is 12.2. The third-order valence-electron chi connectivity index (χ3n) is 4.06. The molecule has 0 N–H and O–H groups in total. The molecule has 0 atom stereocenters. The van der Waals surface area contributed by atoms with Crippen LogP contribution in [0.3, 0.4) is 0 Å². The van der Waals surface area contributed by atoms with Gasteiger partial charge < -0.3 is 0 Å². The molecule has 0 saturated heterocycles. The van der Waals surface area contributed by atoms with E-state index in [9.17, 15) is 0 Å². The molecule has 0 unspecified atom stereocenters. The Morgan fingerprint density at radius 3 is 2.36 bits per heavy atom. The summed E-state index contributed by atoms with van der Waals surface area (Å²) in [5, 5.41) is 1.20. The van der Waals surface area contributed by atoms with Gasteiger partial charge in [0.25, 0.3) is 0 Å². The van der Waals surface area contributed by atoms with Gasteiger partial charge in [0.1, 0.15) is 0 Å². The summed E-state index contributed by atoms with van der Waals surface area (Å²) in [7, 11) is 0. The van der Waals surface area contributed by atoms with Gasteiger partial charge in [-0.2, -0.15) is 0 Å². The first-order chi connectivity index (χ1) is 12.1. The van der Waals surface area contributed by atoms with E-state index in [-0.39, 0.29) is 0 Å². The highest BCUT2D eigenvalue weighted by Gasteiger charge is 2.03. The maximum Gasteiger partial charge on any atom is 0.0712 e. The molecule has 25 heavy (non-hydrogen) atoms. The van der Waals surface area contributed by atoms with Gasteiger partial charge in [-0.3, -0.25) is 0 Å². The zero-order valence-electron chi connectivity index (χ0n) is 16.4. The molecule has 0 bridgehead atoms. The predicted octanol–water partition coefficient (Wildman–Crippen LogP) is 7.67. The molecular formula is C24H33N. The number of aromatic nitrogens is 1. The Labute approximate surface area is 154 Å². The van der Waals surface area contributed by atoms with Crippen molar-refractivity contribution >= 4 is 16.5 Å². The first-order valence-electron chi connectivity index (χ1n) is 9.49. The molecule has 0 spiro atoms. The lowest BCUT2D eigenvalue weighted by Crippen LogP contribution is -1.90. The van der Waals surface area contributed by atoms with Crippen molar-refractivity contribution in [2.45, 2.75) is 59.8 Å². The van der Waals surface area contributed by atoms with Crippen molar-refractivity contribution in [3.8, 4) is 0 Å². The summed E-state index contributed by atoms with van der Waals surface area (Å²) in [6, 6.07) is 10.3. The maximum atomic E-state index is 4.64. The minimum absolute atomic E-state index is 0.932. The van der Waals surface area contributed by atoms with Crippen LogP contribution in [0.25, 0.3) is 16.5 Å². The van der Waals surface area contributed by atoms with Gasteiger partial charge >= 0.3 is 0 Å². The van der Waals surface area contributed by atoms with Gasteiger partial charge in [0.2, 0.25) is 0 Å². The quantitative estimate of drug-likeness (QED) is 0.374. The highest BCUT2D eigenvalue weighted by molar-refractivity contribution is 5.85. The van der Waals surface area contributed by atoms with Gasteiger partial charge in [0.05, 0.1) is 11.2 Å². The summed E-state index contributed by atoms with van der Waals surface area (Å²) >= 11 is 0. The Bertz CT molecular complexity index is 703. The van der Waals surface area contributed by atoms with E-state index in [1.54, 1.807) is 0 Å². The van der Waals surface area contributed by atoms with E-state index in [0.717, 1.165) is 16.8 Å². The number of para-hydroxylation sites is 1. The van der Waals surface area contributed by atoms with Crippen molar-refractivity contribution in [3.05, 3.63) is 72.5 Å². The summed E-state index contributed by atoms with van der Waals surface area (Å²) in [5.41, 5.74) is 4.12. The average molecular weight is 336 g/mol. The summed E-state index contributed by atoms with van der Waals surface area (Å²) < 4.78 is 0. The van der Waals surface area contributed by atoms with Crippen LogP contribution in [-0.4, -0.2) is 4.98 Å². The van der Waals surface area contributed by atoms with E-state index >= 15 is 0 Å². The molecule has 1 aromatic heterocycles. The van der Waals surface area contributed by atoms with Crippen LogP contribution in [0, 0.1) is 6.92 Å². The minimum Gasteiger partial charge on any atom is -0.248 e. The fraction of sp³-hybridized carbons (Fsp3) is 0.375. The van der Waals surface area contributed by atoms with Crippen LogP contribution in [0.4, 0.5) is 0 Å². The fourth-order valence-electron chi connectivity index (χ4n) is 2.56. The number of aryl methyl sites for hydroxylation is 1. The van der Waals surface area contributed by atoms with Crippen molar-refractivity contribution in [1.82, 2.24) is 4.98 Å². The fourth-order valence-corrected chi connectivity index (χ4v) is 2.56. The first kappa shape index (κ1) is 20.9. The molecule has 0 amide bonds. The molecule has 134 valence electrons. The molecule has 0 aliphatic heterocycles. The van der Waals surface area contributed by atoms with Crippen molar-refractivity contribution in [2.24, 2.45) is 0 Å². The summed E-state index contributed by atoms with van der Waals surface area (Å²) in [6.07, 6.45) is 14.9. The molecule has 0 saturated carbocycles. The molecule has 2 aromatic rings. The Morgan fingerprint density at radius 1 is 1.04 bits per heavy atom. The van der Waals surface area contributed by atoms with Crippen LogP contribution in [0.15, 0.2) is 61.2 Å². The molecule has 1 heterocycles. The SMILES string of the molecule is C=C(/C=C\C=C/C)c1cc(C)c2ccccc2n1.CCCCCCC. The van der Waals surface area contributed by atoms with E-state index < -0.39 is 0 Å². The largest absolute Gasteiger partial charge is 0.248 e. The van der Waals surface area contributed by atoms with Crippen LogP contribution in [0.2, 0.25) is 0 Å². The predicted molar refractivity (Wildman–Crippen MR) is 114 cm³/mol. The molecule has 0 aliphatic rings. The van der Waals surface area contributed by atoms with E-state index in [2.05, 4.69) is 44.5 Å². The lowest BCUT2D eigenvalue weighted by atomic mass is 10.1. The number of allylic oxidation sites excluding steroid dienone is 5. The topological polar surface area (TPSA) is 12.9 Å². The summed E-state index contributed by atoms with van der Waals surface area (Å²) in [6.45, 7) is 12.7. The van der Waals surface area contributed by atoms with Crippen LogP contribution in [0.5, 0.6) is 0 Å². The molecule has 0 aliphatic carbocycles. The molecule has 0 radical (unpaired) electrons. The average Bonchev–Trinajstić information content (AvgIpc) is 2.63. The molecular weight excluding hydrogens is 302 g/mol. The van der Waals surface area contributed by atoms with Gasteiger partial charge in [-0.15, -0.1) is 0 Å². The monoisotopic (exact) mass is 335 g/mol. The number of benzene rings is 1. The third kappa shape index (κ3) is 7.51. The molecule has 0 fully saturated rings. The molecule has 2 rings (SSSR count). The number of nitrogens with zero attached hydrogens (tertiary/aromatic N) is 1. The first-order valence-corrected chi connectivity index (χ1v) is 9.49. The van der Waals surface area contributed by atoms with E-state index in [4.69, 9.17) is 0 Å². The Hall–Kier alpha value is -2.15. The Kier molecular flexibility index (Phi) is 10.2. The maximum absolute atomic E-state index is 4.64. The van der Waals surface area contributed by atoms with Crippen molar-refractivity contribution in [1.29, 1.82) is 0 Å². The zero-order valence-corrected chi connectivity index (χ0v) is 16.4. The van der Waals surface area contributed by atoms with Gasteiger partial charge in [-0.1, -0.05) is 95.0 Å². The highest BCUT2D eigenvalue weighted by Crippen LogP contribution is 2.21. The standard InChI is InChI=1S/C17H17N.C7H16/c1-4-5-6-9-13(2)17-12-14(3)15-10-7-8-11-16(15)18-17;1-3-5-7-6-4-2/h4-12H,2H2,1,3H3;3-7H2,1-2H3/b5-4-,9-6-;. The lowest BCUT2D eigenvalue weighted by molar-refractivity contribution is 0.656.